The largest absolute Gasteiger partial charge is 0.340 e. The van der Waals surface area contributed by atoms with E-state index in [0.717, 1.165) is 11.8 Å². The smallest absolute Gasteiger partial charge is 0.227 e. The van der Waals surface area contributed by atoms with E-state index in [1.807, 2.05) is 13.8 Å². The Hall–Kier alpha value is -0.610. The van der Waals surface area contributed by atoms with Gasteiger partial charge in [0.05, 0.1) is 6.42 Å². The molecule has 1 amide bonds. The zero-order valence-electron chi connectivity index (χ0n) is 11.1. The summed E-state index contributed by atoms with van der Waals surface area (Å²) >= 11 is 9.29. The molecule has 0 heterocycles. The van der Waals surface area contributed by atoms with Crippen molar-refractivity contribution in [3.05, 3.63) is 34.6 Å². The van der Waals surface area contributed by atoms with Crippen LogP contribution >= 0.6 is 27.5 Å². The maximum atomic E-state index is 13.7. The molecule has 5 heteroatoms. The van der Waals surface area contributed by atoms with E-state index in [9.17, 15) is 9.18 Å². The van der Waals surface area contributed by atoms with Crippen molar-refractivity contribution in [2.75, 3.05) is 11.9 Å². The molecule has 0 atom stereocenters. The minimum absolute atomic E-state index is 0.00592. The van der Waals surface area contributed by atoms with Crippen LogP contribution in [0.25, 0.3) is 0 Å². The fraction of sp³-hybridized carbons (Fsp3) is 0.500. The molecule has 0 aromatic heterocycles. The second-order valence-corrected chi connectivity index (χ2v) is 5.80. The van der Waals surface area contributed by atoms with E-state index >= 15 is 0 Å². The van der Waals surface area contributed by atoms with Gasteiger partial charge in [-0.2, -0.15) is 0 Å². The summed E-state index contributed by atoms with van der Waals surface area (Å²) in [6.07, 6.45) is 0.876. The fourth-order valence-corrected chi connectivity index (χ4v) is 2.34. The second-order valence-electron chi connectivity index (χ2n) is 4.60. The molecule has 0 fully saturated rings. The first-order chi connectivity index (χ1) is 8.97. The zero-order valence-corrected chi connectivity index (χ0v) is 13.5. The number of carbonyl (C=O) groups excluding carboxylic acids is 1. The van der Waals surface area contributed by atoms with Gasteiger partial charge in [-0.05, 0) is 32.4 Å². The van der Waals surface area contributed by atoms with E-state index in [0.29, 0.717) is 11.6 Å². The predicted molar refractivity (Wildman–Crippen MR) is 80.4 cm³/mol. The van der Waals surface area contributed by atoms with Crippen molar-refractivity contribution in [2.24, 2.45) is 0 Å². The number of alkyl halides is 1. The van der Waals surface area contributed by atoms with Crippen LogP contribution in [-0.2, 0) is 11.2 Å². The quantitative estimate of drug-likeness (QED) is 0.709. The van der Waals surface area contributed by atoms with Gasteiger partial charge in [-0.25, -0.2) is 4.39 Å². The first kappa shape index (κ1) is 16.4. The molecule has 0 N–H and O–H groups in total. The van der Waals surface area contributed by atoms with E-state index < -0.39 is 5.82 Å². The maximum Gasteiger partial charge on any atom is 0.227 e. The number of hydrogen-bond acceptors (Lipinski definition) is 1. The van der Waals surface area contributed by atoms with E-state index in [-0.39, 0.29) is 23.9 Å². The molecule has 0 unspecified atom stereocenters. The SMILES string of the molecule is CC(C)N(CCCBr)C(=O)Cc1c(F)cccc1Cl. The maximum absolute atomic E-state index is 13.7. The number of nitrogens with zero attached hydrogens (tertiary/aromatic N) is 1. The molecule has 0 radical (unpaired) electrons. The summed E-state index contributed by atoms with van der Waals surface area (Å²) in [4.78, 5) is 14.0. The Morgan fingerprint density at radius 1 is 1.47 bits per heavy atom. The third-order valence-electron chi connectivity index (χ3n) is 2.87. The van der Waals surface area contributed by atoms with Crippen LogP contribution in [0.3, 0.4) is 0 Å². The molecule has 0 aliphatic heterocycles. The lowest BCUT2D eigenvalue weighted by molar-refractivity contribution is -0.132. The highest BCUT2D eigenvalue weighted by atomic mass is 79.9. The highest BCUT2D eigenvalue weighted by molar-refractivity contribution is 9.09. The number of rotatable bonds is 6. The fourth-order valence-electron chi connectivity index (χ4n) is 1.85. The third kappa shape index (κ3) is 4.77. The second kappa shape index (κ2) is 7.85. The Kier molecular flexibility index (Phi) is 6.80. The van der Waals surface area contributed by atoms with Crippen molar-refractivity contribution >= 4 is 33.4 Å². The first-order valence-corrected chi connectivity index (χ1v) is 7.75. The Bertz CT molecular complexity index is 419. The standard InChI is InChI=1S/C14H18BrClFNO/c1-10(2)18(8-4-7-15)14(19)9-11-12(16)5-3-6-13(11)17/h3,5-6,10H,4,7-9H2,1-2H3. The molecule has 1 aromatic rings. The summed E-state index contributed by atoms with van der Waals surface area (Å²) in [5.41, 5.74) is 0.277. The summed E-state index contributed by atoms with van der Waals surface area (Å²) in [5.74, 6) is -0.520. The average Bonchev–Trinajstić information content (AvgIpc) is 2.34. The molecule has 0 bridgehead atoms. The van der Waals surface area contributed by atoms with Crippen LogP contribution in [0.2, 0.25) is 5.02 Å². The minimum atomic E-state index is -0.426. The van der Waals surface area contributed by atoms with E-state index in [1.54, 1.807) is 11.0 Å². The van der Waals surface area contributed by atoms with Crippen molar-refractivity contribution in [2.45, 2.75) is 32.7 Å². The molecule has 106 valence electrons. The van der Waals surface area contributed by atoms with Gasteiger partial charge in [-0.15, -0.1) is 0 Å². The van der Waals surface area contributed by atoms with Gasteiger partial charge in [0.1, 0.15) is 5.82 Å². The van der Waals surface area contributed by atoms with Crippen LogP contribution in [0.1, 0.15) is 25.8 Å². The Morgan fingerprint density at radius 3 is 2.68 bits per heavy atom. The van der Waals surface area contributed by atoms with Crippen LogP contribution in [-0.4, -0.2) is 28.7 Å². The molecule has 19 heavy (non-hydrogen) atoms. The minimum Gasteiger partial charge on any atom is -0.340 e. The summed E-state index contributed by atoms with van der Waals surface area (Å²) in [5, 5.41) is 1.14. The number of amides is 1. The molecule has 0 aliphatic rings. The summed E-state index contributed by atoms with van der Waals surface area (Å²) in [7, 11) is 0. The van der Waals surface area contributed by atoms with Crippen LogP contribution in [0.4, 0.5) is 4.39 Å². The van der Waals surface area contributed by atoms with Crippen molar-refractivity contribution in [1.82, 2.24) is 4.90 Å². The summed E-state index contributed by atoms with van der Waals surface area (Å²) in [6, 6.07) is 4.56. The number of halogens is 3. The average molecular weight is 351 g/mol. The lowest BCUT2D eigenvalue weighted by Crippen LogP contribution is -2.39. The summed E-state index contributed by atoms with van der Waals surface area (Å²) < 4.78 is 13.7. The van der Waals surface area contributed by atoms with Gasteiger partial charge in [0.15, 0.2) is 0 Å². The number of benzene rings is 1. The molecular weight excluding hydrogens is 333 g/mol. The van der Waals surface area contributed by atoms with Crippen LogP contribution < -0.4 is 0 Å². The Labute approximate surface area is 127 Å². The highest BCUT2D eigenvalue weighted by Gasteiger charge is 2.19. The van der Waals surface area contributed by atoms with Gasteiger partial charge in [-0.1, -0.05) is 33.6 Å². The van der Waals surface area contributed by atoms with Gasteiger partial charge >= 0.3 is 0 Å². The molecule has 0 saturated carbocycles. The lowest BCUT2D eigenvalue weighted by atomic mass is 10.1. The molecule has 1 aromatic carbocycles. The normalized spacial score (nSPS) is 10.8. The first-order valence-electron chi connectivity index (χ1n) is 6.25. The van der Waals surface area contributed by atoms with Gasteiger partial charge in [0, 0.05) is 28.5 Å². The molecule has 0 spiro atoms. The van der Waals surface area contributed by atoms with Crippen molar-refractivity contribution in [1.29, 1.82) is 0 Å². The van der Waals surface area contributed by atoms with Crippen LogP contribution in [0.15, 0.2) is 18.2 Å². The van der Waals surface area contributed by atoms with Crippen molar-refractivity contribution in [3.63, 3.8) is 0 Å². The van der Waals surface area contributed by atoms with E-state index in [1.165, 1.54) is 12.1 Å². The predicted octanol–water partition coefficient (Wildman–Crippen LogP) is 4.04. The monoisotopic (exact) mass is 349 g/mol. The van der Waals surface area contributed by atoms with Gasteiger partial charge in [0.25, 0.3) is 0 Å². The molecule has 1 rings (SSSR count). The molecule has 0 aliphatic carbocycles. The molecular formula is C14H18BrClFNO. The van der Waals surface area contributed by atoms with Gasteiger partial charge in [-0.3, -0.25) is 4.79 Å². The van der Waals surface area contributed by atoms with Crippen LogP contribution in [0, 0.1) is 5.82 Å². The zero-order chi connectivity index (χ0) is 14.4. The molecule has 2 nitrogen and oxygen atoms in total. The Morgan fingerprint density at radius 2 is 2.16 bits per heavy atom. The number of hydrogen-bond donors (Lipinski definition) is 0. The van der Waals surface area contributed by atoms with Crippen LogP contribution in [0.5, 0.6) is 0 Å². The van der Waals surface area contributed by atoms with Gasteiger partial charge < -0.3 is 4.90 Å². The Balaban J connectivity index is 2.81. The van der Waals surface area contributed by atoms with Crippen molar-refractivity contribution < 1.29 is 9.18 Å². The topological polar surface area (TPSA) is 20.3 Å². The van der Waals surface area contributed by atoms with E-state index in [2.05, 4.69) is 15.9 Å². The number of carbonyl (C=O) groups is 1. The lowest BCUT2D eigenvalue weighted by Gasteiger charge is -2.27. The van der Waals surface area contributed by atoms with Gasteiger partial charge in [0.2, 0.25) is 5.91 Å². The van der Waals surface area contributed by atoms with Crippen molar-refractivity contribution in [3.8, 4) is 0 Å². The molecule has 0 saturated heterocycles. The third-order valence-corrected chi connectivity index (χ3v) is 3.78. The van der Waals surface area contributed by atoms with E-state index in [4.69, 9.17) is 11.6 Å². The highest BCUT2D eigenvalue weighted by Crippen LogP contribution is 2.20. The summed E-state index contributed by atoms with van der Waals surface area (Å²) in [6.45, 7) is 4.57.